The third kappa shape index (κ3) is 3.92. The minimum atomic E-state index is 0.101. The molecule has 0 aliphatic carbocycles. The summed E-state index contributed by atoms with van der Waals surface area (Å²) in [4.78, 5) is 0. The molecule has 1 aromatic carbocycles. The smallest absolute Gasteiger partial charge is 0.174 e. The fourth-order valence-corrected chi connectivity index (χ4v) is 1.50. The Balaban J connectivity index is 2.69. The van der Waals surface area contributed by atoms with Gasteiger partial charge in [0.2, 0.25) is 0 Å². The first kappa shape index (κ1) is 12.5. The molecule has 0 aliphatic heterocycles. The average molecular weight is 218 g/mol. The summed E-state index contributed by atoms with van der Waals surface area (Å²) in [6, 6.07) is 8.00. The quantitative estimate of drug-likeness (QED) is 0.746. The van der Waals surface area contributed by atoms with E-state index in [1.807, 2.05) is 18.2 Å². The maximum atomic E-state index is 8.50. The molecule has 0 saturated carbocycles. The highest BCUT2D eigenvalue weighted by Crippen LogP contribution is 2.19. The van der Waals surface area contributed by atoms with Crippen LogP contribution < -0.4 is 10.1 Å². The highest BCUT2D eigenvalue weighted by molar-refractivity contribution is 5.37. The number of hydrogen-bond donors (Lipinski definition) is 1. The Kier molecular flexibility index (Phi) is 5.38. The van der Waals surface area contributed by atoms with Crippen LogP contribution in [0.1, 0.15) is 24.5 Å². The summed E-state index contributed by atoms with van der Waals surface area (Å²) in [6.45, 7) is 6.07. The molecule has 0 amide bonds. The number of nitrogens with one attached hydrogen (secondary N) is 1. The fourth-order valence-electron chi connectivity index (χ4n) is 1.50. The second kappa shape index (κ2) is 6.86. The van der Waals surface area contributed by atoms with Gasteiger partial charge >= 0.3 is 0 Å². The molecule has 0 radical (unpaired) electrons. The molecule has 0 unspecified atom stereocenters. The van der Waals surface area contributed by atoms with Gasteiger partial charge in [0.15, 0.2) is 6.61 Å². The van der Waals surface area contributed by atoms with Gasteiger partial charge in [0.25, 0.3) is 0 Å². The molecule has 3 heteroatoms. The minimum absolute atomic E-state index is 0.101. The van der Waals surface area contributed by atoms with E-state index in [1.54, 1.807) is 0 Å². The molecular weight excluding hydrogens is 200 g/mol. The van der Waals surface area contributed by atoms with Crippen LogP contribution in [-0.4, -0.2) is 13.2 Å². The van der Waals surface area contributed by atoms with Gasteiger partial charge in [0.1, 0.15) is 11.8 Å². The van der Waals surface area contributed by atoms with Crippen LogP contribution in [0.2, 0.25) is 0 Å². The van der Waals surface area contributed by atoms with E-state index in [-0.39, 0.29) is 6.61 Å². The molecule has 1 aromatic rings. The Bertz CT molecular complexity index is 369. The maximum Gasteiger partial charge on any atom is 0.174 e. The standard InChI is InChI=1S/C13H18N2O/c1-3-7-15-10-12-9-11(2)4-5-13(12)16-8-6-14/h4-5,9,15H,3,7-8,10H2,1-2H3. The van der Waals surface area contributed by atoms with Crippen LogP contribution >= 0.6 is 0 Å². The van der Waals surface area contributed by atoms with Crippen molar-refractivity contribution in [1.82, 2.24) is 5.32 Å². The Morgan fingerprint density at radius 3 is 2.94 bits per heavy atom. The Morgan fingerprint density at radius 1 is 1.44 bits per heavy atom. The molecule has 0 fully saturated rings. The lowest BCUT2D eigenvalue weighted by Crippen LogP contribution is -2.14. The van der Waals surface area contributed by atoms with Crippen molar-refractivity contribution >= 4 is 0 Å². The zero-order valence-electron chi connectivity index (χ0n) is 9.92. The summed E-state index contributed by atoms with van der Waals surface area (Å²) in [6.07, 6.45) is 1.11. The first-order valence-corrected chi connectivity index (χ1v) is 5.58. The van der Waals surface area contributed by atoms with Gasteiger partial charge < -0.3 is 10.1 Å². The first-order chi connectivity index (χ1) is 7.77. The van der Waals surface area contributed by atoms with Gasteiger partial charge in [-0.2, -0.15) is 5.26 Å². The van der Waals surface area contributed by atoms with Gasteiger partial charge in [0.05, 0.1) is 0 Å². The third-order valence-electron chi connectivity index (χ3n) is 2.25. The number of hydrogen-bond acceptors (Lipinski definition) is 3. The largest absolute Gasteiger partial charge is 0.478 e. The molecule has 0 spiro atoms. The van der Waals surface area contributed by atoms with Crippen LogP contribution in [0.25, 0.3) is 0 Å². The van der Waals surface area contributed by atoms with Crippen molar-refractivity contribution in [2.24, 2.45) is 0 Å². The number of nitriles is 1. The molecule has 0 aromatic heterocycles. The Hall–Kier alpha value is -1.53. The SMILES string of the molecule is CCCNCc1cc(C)ccc1OCC#N. The van der Waals surface area contributed by atoms with Gasteiger partial charge in [-0.15, -0.1) is 0 Å². The maximum absolute atomic E-state index is 8.50. The number of nitrogens with zero attached hydrogens (tertiary/aromatic N) is 1. The third-order valence-corrected chi connectivity index (χ3v) is 2.25. The Morgan fingerprint density at radius 2 is 2.25 bits per heavy atom. The first-order valence-electron chi connectivity index (χ1n) is 5.58. The molecular formula is C13H18N2O. The van der Waals surface area contributed by atoms with Gasteiger partial charge in [-0.3, -0.25) is 0 Å². The lowest BCUT2D eigenvalue weighted by Gasteiger charge is -2.11. The summed E-state index contributed by atoms with van der Waals surface area (Å²) < 4.78 is 5.37. The van der Waals surface area contributed by atoms with Crippen LogP contribution in [0.5, 0.6) is 5.75 Å². The second-order valence-corrected chi connectivity index (χ2v) is 3.73. The van der Waals surface area contributed by atoms with Crippen molar-refractivity contribution in [3.8, 4) is 11.8 Å². The highest BCUT2D eigenvalue weighted by Gasteiger charge is 2.03. The van der Waals surface area contributed by atoms with E-state index in [0.29, 0.717) is 0 Å². The lowest BCUT2D eigenvalue weighted by molar-refractivity contribution is 0.362. The van der Waals surface area contributed by atoms with E-state index in [2.05, 4.69) is 25.2 Å². The normalized spacial score (nSPS) is 9.81. The fraction of sp³-hybridized carbons (Fsp3) is 0.462. The number of ether oxygens (including phenoxy) is 1. The van der Waals surface area contributed by atoms with Crippen molar-refractivity contribution in [3.05, 3.63) is 29.3 Å². The zero-order chi connectivity index (χ0) is 11.8. The molecule has 16 heavy (non-hydrogen) atoms. The molecule has 1 rings (SSSR count). The minimum Gasteiger partial charge on any atom is -0.478 e. The van der Waals surface area contributed by atoms with E-state index in [0.717, 1.165) is 30.8 Å². The van der Waals surface area contributed by atoms with Crippen molar-refractivity contribution in [2.45, 2.75) is 26.8 Å². The van der Waals surface area contributed by atoms with E-state index in [1.165, 1.54) is 5.56 Å². The van der Waals surface area contributed by atoms with Crippen LogP contribution in [0.15, 0.2) is 18.2 Å². The van der Waals surface area contributed by atoms with Gasteiger partial charge in [-0.25, -0.2) is 0 Å². The van der Waals surface area contributed by atoms with Gasteiger partial charge in [-0.1, -0.05) is 24.6 Å². The van der Waals surface area contributed by atoms with Crippen LogP contribution in [0.3, 0.4) is 0 Å². The van der Waals surface area contributed by atoms with Gasteiger partial charge in [0, 0.05) is 12.1 Å². The van der Waals surface area contributed by atoms with E-state index in [4.69, 9.17) is 10.00 Å². The van der Waals surface area contributed by atoms with E-state index < -0.39 is 0 Å². The molecule has 0 heterocycles. The van der Waals surface area contributed by atoms with Crippen LogP contribution in [-0.2, 0) is 6.54 Å². The molecule has 0 bridgehead atoms. The summed E-state index contributed by atoms with van der Waals surface area (Å²) in [5, 5.41) is 11.8. The number of aryl methyl sites for hydroxylation is 1. The van der Waals surface area contributed by atoms with E-state index >= 15 is 0 Å². The Labute approximate surface area is 97.0 Å². The second-order valence-electron chi connectivity index (χ2n) is 3.73. The van der Waals surface area contributed by atoms with Gasteiger partial charge in [-0.05, 0) is 26.0 Å². The summed E-state index contributed by atoms with van der Waals surface area (Å²) in [7, 11) is 0. The van der Waals surface area contributed by atoms with Crippen LogP contribution in [0.4, 0.5) is 0 Å². The predicted octanol–water partition coefficient (Wildman–Crippen LogP) is 2.40. The molecule has 1 N–H and O–H groups in total. The predicted molar refractivity (Wildman–Crippen MR) is 64.3 cm³/mol. The molecule has 86 valence electrons. The topological polar surface area (TPSA) is 45.0 Å². The molecule has 0 aliphatic rings. The summed E-state index contributed by atoms with van der Waals surface area (Å²) in [5.74, 6) is 0.802. The van der Waals surface area contributed by atoms with Crippen molar-refractivity contribution in [3.63, 3.8) is 0 Å². The monoisotopic (exact) mass is 218 g/mol. The van der Waals surface area contributed by atoms with Crippen molar-refractivity contribution in [2.75, 3.05) is 13.2 Å². The van der Waals surface area contributed by atoms with Crippen LogP contribution in [0, 0.1) is 18.3 Å². The molecule has 0 saturated heterocycles. The lowest BCUT2D eigenvalue weighted by atomic mass is 10.1. The molecule has 3 nitrogen and oxygen atoms in total. The molecule has 0 atom stereocenters. The zero-order valence-corrected chi connectivity index (χ0v) is 9.92. The average Bonchev–Trinajstić information content (AvgIpc) is 2.28. The van der Waals surface area contributed by atoms with Crippen molar-refractivity contribution < 1.29 is 4.74 Å². The number of rotatable bonds is 6. The summed E-state index contributed by atoms with van der Waals surface area (Å²) >= 11 is 0. The number of benzene rings is 1. The van der Waals surface area contributed by atoms with E-state index in [9.17, 15) is 0 Å². The summed E-state index contributed by atoms with van der Waals surface area (Å²) in [5.41, 5.74) is 2.32. The van der Waals surface area contributed by atoms with Crippen molar-refractivity contribution in [1.29, 1.82) is 5.26 Å². The highest BCUT2D eigenvalue weighted by atomic mass is 16.5.